The van der Waals surface area contributed by atoms with Gasteiger partial charge in [-0.25, -0.2) is 24.0 Å². The van der Waals surface area contributed by atoms with Crippen molar-refractivity contribution in [2.75, 3.05) is 5.43 Å². The zero-order chi connectivity index (χ0) is 15.5. The van der Waals surface area contributed by atoms with Crippen LogP contribution in [0.15, 0.2) is 47.5 Å². The Morgan fingerprint density at radius 1 is 1.24 bits per heavy atom. The number of hydrazine groups is 1. The van der Waals surface area contributed by atoms with Gasteiger partial charge in [-0.05, 0) is 36.8 Å². The van der Waals surface area contributed by atoms with Crippen LogP contribution in [0.3, 0.4) is 0 Å². The quantitative estimate of drug-likeness (QED) is 0.577. The molecule has 6 nitrogen and oxygen atoms in total. The molecule has 0 fully saturated rings. The number of sulfonamides is 1. The number of nitrogens with one attached hydrogen (secondary N) is 2. The third-order valence-corrected chi connectivity index (χ3v) is 4.72. The van der Waals surface area contributed by atoms with Gasteiger partial charge < -0.3 is 5.43 Å². The molecule has 2 rings (SSSR count). The van der Waals surface area contributed by atoms with Crippen LogP contribution in [0.2, 0.25) is 5.02 Å². The summed E-state index contributed by atoms with van der Waals surface area (Å²) in [5.41, 5.74) is 3.07. The molecule has 0 aliphatic heterocycles. The smallest absolute Gasteiger partial charge is 0.244 e. The van der Waals surface area contributed by atoms with Crippen molar-refractivity contribution in [3.63, 3.8) is 0 Å². The van der Waals surface area contributed by atoms with Gasteiger partial charge in [0.2, 0.25) is 10.0 Å². The number of nitrogens with zero attached hydrogens (tertiary/aromatic N) is 1. The van der Waals surface area contributed by atoms with Gasteiger partial charge in [-0.1, -0.05) is 23.7 Å². The lowest BCUT2D eigenvalue weighted by Gasteiger charge is -2.16. The van der Waals surface area contributed by atoms with Gasteiger partial charge >= 0.3 is 0 Å². The summed E-state index contributed by atoms with van der Waals surface area (Å²) in [5, 5.41) is 0.593. The van der Waals surface area contributed by atoms with E-state index in [9.17, 15) is 8.42 Å². The Morgan fingerprint density at radius 2 is 1.90 bits per heavy atom. The molecule has 0 bridgehead atoms. The number of hydrogen-bond acceptors (Lipinski definition) is 5. The molecule has 1 aromatic carbocycles. The van der Waals surface area contributed by atoms with E-state index < -0.39 is 16.1 Å². The molecular weight excluding hydrogens is 312 g/mol. The number of pyridine rings is 1. The number of anilines is 1. The normalized spacial score (nSPS) is 12.9. The molecular formula is C13H15ClN4O2S. The molecule has 0 amide bonds. The van der Waals surface area contributed by atoms with Crippen LogP contribution >= 0.6 is 11.6 Å². The lowest BCUT2D eigenvalue weighted by Crippen LogP contribution is -2.28. The molecule has 1 unspecified atom stereocenters. The molecule has 0 aliphatic carbocycles. The zero-order valence-corrected chi connectivity index (χ0v) is 12.8. The molecule has 0 saturated heterocycles. The maximum absolute atomic E-state index is 12.4. The first-order valence-electron chi connectivity index (χ1n) is 6.13. The van der Waals surface area contributed by atoms with Crippen molar-refractivity contribution in [1.29, 1.82) is 0 Å². The number of rotatable bonds is 5. The van der Waals surface area contributed by atoms with Gasteiger partial charge in [0.15, 0.2) is 5.82 Å². The van der Waals surface area contributed by atoms with Gasteiger partial charge in [0.25, 0.3) is 0 Å². The highest BCUT2D eigenvalue weighted by molar-refractivity contribution is 7.89. The van der Waals surface area contributed by atoms with E-state index in [1.54, 1.807) is 31.2 Å². The lowest BCUT2D eigenvalue weighted by atomic mass is 10.1. The van der Waals surface area contributed by atoms with Gasteiger partial charge in [-0.3, -0.25) is 0 Å². The topological polar surface area (TPSA) is 97.1 Å². The van der Waals surface area contributed by atoms with E-state index in [0.717, 1.165) is 5.56 Å². The molecule has 0 spiro atoms. The summed E-state index contributed by atoms with van der Waals surface area (Å²) in [6, 6.07) is 9.48. The molecule has 8 heteroatoms. The standard InChI is InChI=1S/C13H15ClN4O2S/c1-9(10-4-6-11(14)7-5-10)18-21(19,20)12-3-2-8-16-13(12)17-15/h2-9,18H,15H2,1H3,(H,16,17). The summed E-state index contributed by atoms with van der Waals surface area (Å²) < 4.78 is 27.4. The molecule has 1 aromatic heterocycles. The average Bonchev–Trinajstić information content (AvgIpc) is 2.47. The Bertz CT molecular complexity index is 719. The predicted molar refractivity (Wildman–Crippen MR) is 82.2 cm³/mol. The summed E-state index contributed by atoms with van der Waals surface area (Å²) in [4.78, 5) is 3.88. The number of benzene rings is 1. The molecule has 2 aromatic rings. The first kappa shape index (κ1) is 15.7. The Morgan fingerprint density at radius 3 is 2.52 bits per heavy atom. The molecule has 0 radical (unpaired) electrons. The van der Waals surface area contributed by atoms with Gasteiger partial charge in [-0.15, -0.1) is 0 Å². The number of hydrogen-bond donors (Lipinski definition) is 3. The van der Waals surface area contributed by atoms with Gasteiger partial charge in [0.05, 0.1) is 0 Å². The second kappa shape index (κ2) is 6.40. The van der Waals surface area contributed by atoms with Crippen LogP contribution in [0.4, 0.5) is 5.82 Å². The van der Waals surface area contributed by atoms with Crippen LogP contribution in [-0.4, -0.2) is 13.4 Å². The van der Waals surface area contributed by atoms with Crippen LogP contribution in [0.25, 0.3) is 0 Å². The van der Waals surface area contributed by atoms with E-state index in [1.165, 1.54) is 18.3 Å². The second-order valence-corrected chi connectivity index (χ2v) is 6.51. The van der Waals surface area contributed by atoms with Crippen LogP contribution in [0.1, 0.15) is 18.5 Å². The number of nitrogen functional groups attached to an aromatic ring is 1. The van der Waals surface area contributed by atoms with Crippen molar-refractivity contribution in [1.82, 2.24) is 9.71 Å². The fourth-order valence-electron chi connectivity index (χ4n) is 1.83. The minimum atomic E-state index is -3.75. The Balaban J connectivity index is 2.26. The van der Waals surface area contributed by atoms with Crippen molar-refractivity contribution in [3.8, 4) is 0 Å². The largest absolute Gasteiger partial charge is 0.307 e. The van der Waals surface area contributed by atoms with E-state index in [0.29, 0.717) is 5.02 Å². The van der Waals surface area contributed by atoms with Gasteiger partial charge in [-0.2, -0.15) is 0 Å². The minimum Gasteiger partial charge on any atom is -0.307 e. The Labute approximate surface area is 128 Å². The van der Waals surface area contributed by atoms with Gasteiger partial charge in [0.1, 0.15) is 4.90 Å². The molecule has 1 heterocycles. The van der Waals surface area contributed by atoms with Gasteiger partial charge in [0, 0.05) is 17.3 Å². The molecule has 1 atom stereocenters. The average molecular weight is 327 g/mol. The monoisotopic (exact) mass is 326 g/mol. The van der Waals surface area contributed by atoms with Crippen molar-refractivity contribution < 1.29 is 8.42 Å². The van der Waals surface area contributed by atoms with E-state index in [-0.39, 0.29) is 10.7 Å². The predicted octanol–water partition coefficient (Wildman–Crippen LogP) is 2.06. The second-order valence-electron chi connectivity index (χ2n) is 4.39. The van der Waals surface area contributed by atoms with E-state index in [4.69, 9.17) is 17.4 Å². The summed E-state index contributed by atoms with van der Waals surface area (Å²) in [7, 11) is -3.75. The Kier molecular flexibility index (Phi) is 4.79. The summed E-state index contributed by atoms with van der Waals surface area (Å²) >= 11 is 5.82. The van der Waals surface area contributed by atoms with Crippen molar-refractivity contribution in [2.24, 2.45) is 5.84 Å². The summed E-state index contributed by atoms with van der Waals surface area (Å²) in [5.74, 6) is 5.38. The highest BCUT2D eigenvalue weighted by Crippen LogP contribution is 2.21. The molecule has 0 saturated carbocycles. The molecule has 112 valence electrons. The summed E-state index contributed by atoms with van der Waals surface area (Å²) in [6.07, 6.45) is 1.46. The molecule has 4 N–H and O–H groups in total. The van der Waals surface area contributed by atoms with E-state index in [2.05, 4.69) is 15.1 Å². The highest BCUT2D eigenvalue weighted by atomic mass is 35.5. The minimum absolute atomic E-state index is 0.00619. The maximum Gasteiger partial charge on any atom is 0.244 e. The lowest BCUT2D eigenvalue weighted by molar-refractivity contribution is 0.567. The third kappa shape index (κ3) is 3.70. The first-order valence-corrected chi connectivity index (χ1v) is 7.99. The zero-order valence-electron chi connectivity index (χ0n) is 11.2. The van der Waals surface area contributed by atoms with E-state index in [1.807, 2.05) is 0 Å². The maximum atomic E-state index is 12.4. The highest BCUT2D eigenvalue weighted by Gasteiger charge is 2.22. The summed E-state index contributed by atoms with van der Waals surface area (Å²) in [6.45, 7) is 1.74. The van der Waals surface area contributed by atoms with Crippen LogP contribution < -0.4 is 16.0 Å². The van der Waals surface area contributed by atoms with Crippen molar-refractivity contribution >= 4 is 27.4 Å². The molecule has 0 aliphatic rings. The SMILES string of the molecule is CC(NS(=O)(=O)c1cccnc1NN)c1ccc(Cl)cc1. The van der Waals surface area contributed by atoms with E-state index >= 15 is 0 Å². The number of halogens is 1. The fourth-order valence-corrected chi connectivity index (χ4v) is 3.31. The molecule has 21 heavy (non-hydrogen) atoms. The van der Waals surface area contributed by atoms with Crippen molar-refractivity contribution in [2.45, 2.75) is 17.9 Å². The van der Waals surface area contributed by atoms with Crippen LogP contribution in [-0.2, 0) is 10.0 Å². The van der Waals surface area contributed by atoms with Crippen LogP contribution in [0.5, 0.6) is 0 Å². The Hall–Kier alpha value is -1.67. The third-order valence-electron chi connectivity index (χ3n) is 2.90. The number of aromatic nitrogens is 1. The van der Waals surface area contributed by atoms with Crippen LogP contribution in [0, 0.1) is 0 Å². The first-order chi connectivity index (χ1) is 9.94. The fraction of sp³-hybridized carbons (Fsp3) is 0.154. The van der Waals surface area contributed by atoms with Crippen molar-refractivity contribution in [3.05, 3.63) is 53.2 Å². The number of nitrogens with two attached hydrogens (primary N) is 1.